The highest BCUT2D eigenvalue weighted by Gasteiger charge is 2.42. The number of aryl methyl sites for hydroxylation is 1. The van der Waals surface area contributed by atoms with Gasteiger partial charge in [-0.25, -0.2) is 0 Å². The number of hydrogen-bond acceptors (Lipinski definition) is 5. The Morgan fingerprint density at radius 3 is 3.12 bits per heavy atom. The van der Waals surface area contributed by atoms with Gasteiger partial charge in [0.15, 0.2) is 0 Å². The number of hydrogen-bond donors (Lipinski definition) is 0. The SMILES string of the molecule is Cc1csc(C(=O)N2C[C@@H]3OCCN(Cc4cccnc4)[C@@H]3C2)c1. The summed E-state index contributed by atoms with van der Waals surface area (Å²) in [4.78, 5) is 22.1. The van der Waals surface area contributed by atoms with Crippen LogP contribution in [0, 0.1) is 6.92 Å². The van der Waals surface area contributed by atoms with Crippen LogP contribution in [0.4, 0.5) is 0 Å². The van der Waals surface area contributed by atoms with E-state index in [1.54, 1.807) is 6.20 Å². The Morgan fingerprint density at radius 1 is 1.46 bits per heavy atom. The molecule has 4 heterocycles. The first-order valence-corrected chi connectivity index (χ1v) is 9.17. The third kappa shape index (κ3) is 3.09. The molecule has 0 unspecified atom stereocenters. The van der Waals surface area contributed by atoms with Crippen molar-refractivity contribution in [3.8, 4) is 0 Å². The van der Waals surface area contributed by atoms with E-state index in [2.05, 4.69) is 16.0 Å². The third-order valence-corrected chi connectivity index (χ3v) is 5.79. The second kappa shape index (κ2) is 6.63. The minimum Gasteiger partial charge on any atom is -0.373 e. The average molecular weight is 343 g/mol. The molecule has 2 atom stereocenters. The number of nitrogens with zero attached hydrogens (tertiary/aromatic N) is 3. The lowest BCUT2D eigenvalue weighted by atomic mass is 10.1. The number of likely N-dealkylation sites (tertiary alicyclic amines) is 1. The Kier molecular flexibility index (Phi) is 4.35. The molecule has 6 heteroatoms. The number of rotatable bonds is 3. The standard InChI is InChI=1S/C18H21N3O2S/c1-13-7-17(24-12-13)18(22)21-10-15-16(11-21)23-6-5-20(15)9-14-3-2-4-19-8-14/h2-4,7-8,12,15-16H,5-6,9-11H2,1H3/t15-,16+/m1/s1. The highest BCUT2D eigenvalue weighted by Crippen LogP contribution is 2.27. The summed E-state index contributed by atoms with van der Waals surface area (Å²) in [5, 5.41) is 2.03. The summed E-state index contributed by atoms with van der Waals surface area (Å²) in [5.74, 6) is 0.132. The summed E-state index contributed by atoms with van der Waals surface area (Å²) in [6.07, 6.45) is 3.82. The Balaban J connectivity index is 1.47. The Morgan fingerprint density at radius 2 is 2.38 bits per heavy atom. The summed E-state index contributed by atoms with van der Waals surface area (Å²) >= 11 is 1.53. The van der Waals surface area contributed by atoms with Gasteiger partial charge in [0, 0.05) is 38.6 Å². The smallest absolute Gasteiger partial charge is 0.264 e. The number of fused-ring (bicyclic) bond motifs is 1. The van der Waals surface area contributed by atoms with E-state index in [9.17, 15) is 4.79 Å². The molecule has 2 saturated heterocycles. The topological polar surface area (TPSA) is 45.7 Å². The highest BCUT2D eigenvalue weighted by atomic mass is 32.1. The quantitative estimate of drug-likeness (QED) is 0.857. The van der Waals surface area contributed by atoms with Gasteiger partial charge in [0.05, 0.1) is 23.6 Å². The van der Waals surface area contributed by atoms with Crippen LogP contribution in [0.3, 0.4) is 0 Å². The highest BCUT2D eigenvalue weighted by molar-refractivity contribution is 7.12. The van der Waals surface area contributed by atoms with Gasteiger partial charge in [-0.15, -0.1) is 11.3 Å². The van der Waals surface area contributed by atoms with Crippen LogP contribution >= 0.6 is 11.3 Å². The number of carbonyl (C=O) groups excluding carboxylic acids is 1. The molecule has 0 radical (unpaired) electrons. The van der Waals surface area contributed by atoms with Gasteiger partial charge in [-0.3, -0.25) is 14.7 Å². The first-order chi connectivity index (χ1) is 11.7. The number of amides is 1. The van der Waals surface area contributed by atoms with Crippen LogP contribution in [-0.4, -0.2) is 59.1 Å². The molecule has 5 nitrogen and oxygen atoms in total. The zero-order valence-electron chi connectivity index (χ0n) is 13.7. The fourth-order valence-corrected chi connectivity index (χ4v) is 4.41. The van der Waals surface area contributed by atoms with Crippen molar-refractivity contribution >= 4 is 17.2 Å². The second-order valence-corrected chi connectivity index (χ2v) is 7.42. The third-order valence-electron chi connectivity index (χ3n) is 4.75. The van der Waals surface area contributed by atoms with Crippen molar-refractivity contribution in [2.24, 2.45) is 0 Å². The lowest BCUT2D eigenvalue weighted by Gasteiger charge is -2.36. The maximum Gasteiger partial charge on any atom is 0.264 e. The zero-order valence-corrected chi connectivity index (χ0v) is 14.5. The van der Waals surface area contributed by atoms with E-state index in [0.29, 0.717) is 6.54 Å². The van der Waals surface area contributed by atoms with Gasteiger partial charge in [0.2, 0.25) is 0 Å². The van der Waals surface area contributed by atoms with Crippen molar-refractivity contribution in [3.63, 3.8) is 0 Å². The van der Waals surface area contributed by atoms with E-state index in [1.165, 1.54) is 16.9 Å². The van der Waals surface area contributed by atoms with E-state index in [-0.39, 0.29) is 18.1 Å². The zero-order chi connectivity index (χ0) is 16.5. The molecule has 0 saturated carbocycles. The van der Waals surface area contributed by atoms with E-state index in [0.717, 1.165) is 36.7 Å². The van der Waals surface area contributed by atoms with Gasteiger partial charge in [-0.1, -0.05) is 6.07 Å². The largest absolute Gasteiger partial charge is 0.373 e. The fourth-order valence-electron chi connectivity index (χ4n) is 3.55. The summed E-state index contributed by atoms with van der Waals surface area (Å²) in [6, 6.07) is 6.31. The molecule has 0 aromatic carbocycles. The van der Waals surface area contributed by atoms with Gasteiger partial charge < -0.3 is 9.64 Å². The van der Waals surface area contributed by atoms with Crippen LogP contribution in [0.1, 0.15) is 20.8 Å². The van der Waals surface area contributed by atoms with Gasteiger partial charge in [0.1, 0.15) is 0 Å². The van der Waals surface area contributed by atoms with E-state index < -0.39 is 0 Å². The van der Waals surface area contributed by atoms with Crippen LogP contribution in [0.25, 0.3) is 0 Å². The normalized spacial score (nSPS) is 24.1. The number of ether oxygens (including phenoxy) is 1. The van der Waals surface area contributed by atoms with Crippen LogP contribution in [0.5, 0.6) is 0 Å². The molecule has 0 spiro atoms. The van der Waals surface area contributed by atoms with E-state index in [1.807, 2.05) is 35.5 Å². The fraction of sp³-hybridized carbons (Fsp3) is 0.444. The Labute approximate surface area is 145 Å². The second-order valence-electron chi connectivity index (χ2n) is 6.51. The van der Waals surface area contributed by atoms with Crippen molar-refractivity contribution in [2.45, 2.75) is 25.6 Å². The summed E-state index contributed by atoms with van der Waals surface area (Å²) in [6.45, 7) is 5.93. The molecule has 2 aromatic rings. The molecule has 4 rings (SSSR count). The van der Waals surface area contributed by atoms with Crippen molar-refractivity contribution in [2.75, 3.05) is 26.2 Å². The molecule has 126 valence electrons. The molecular weight excluding hydrogens is 322 g/mol. The molecule has 24 heavy (non-hydrogen) atoms. The number of carbonyl (C=O) groups is 1. The lowest BCUT2D eigenvalue weighted by Crippen LogP contribution is -2.50. The van der Waals surface area contributed by atoms with Gasteiger partial charge in [0.25, 0.3) is 5.91 Å². The van der Waals surface area contributed by atoms with Crippen molar-refractivity contribution < 1.29 is 9.53 Å². The minimum atomic E-state index is 0.112. The van der Waals surface area contributed by atoms with Crippen molar-refractivity contribution in [1.29, 1.82) is 0 Å². The number of aromatic nitrogens is 1. The molecule has 0 N–H and O–H groups in total. The monoisotopic (exact) mass is 343 g/mol. The van der Waals surface area contributed by atoms with Crippen LogP contribution < -0.4 is 0 Å². The molecule has 1 amide bonds. The molecule has 2 aromatic heterocycles. The Bertz CT molecular complexity index is 718. The lowest BCUT2D eigenvalue weighted by molar-refractivity contribution is -0.0503. The predicted octanol–water partition coefficient (Wildman–Crippen LogP) is 2.18. The summed E-state index contributed by atoms with van der Waals surface area (Å²) in [7, 11) is 0. The van der Waals surface area contributed by atoms with Crippen LogP contribution in [0.2, 0.25) is 0 Å². The van der Waals surface area contributed by atoms with Crippen molar-refractivity contribution in [1.82, 2.24) is 14.8 Å². The average Bonchev–Trinajstić information content (AvgIpc) is 3.22. The minimum absolute atomic E-state index is 0.112. The molecule has 2 aliphatic rings. The first-order valence-electron chi connectivity index (χ1n) is 8.29. The first kappa shape index (κ1) is 15.7. The summed E-state index contributed by atoms with van der Waals surface area (Å²) < 4.78 is 5.94. The van der Waals surface area contributed by atoms with Gasteiger partial charge >= 0.3 is 0 Å². The predicted molar refractivity (Wildman–Crippen MR) is 93.1 cm³/mol. The molecule has 2 fully saturated rings. The Hall–Kier alpha value is -1.76. The van der Waals surface area contributed by atoms with E-state index in [4.69, 9.17) is 4.74 Å². The summed E-state index contributed by atoms with van der Waals surface area (Å²) in [5.41, 5.74) is 2.35. The molecule has 0 aliphatic carbocycles. The van der Waals surface area contributed by atoms with Gasteiger partial charge in [-0.05, 0) is 35.6 Å². The van der Waals surface area contributed by atoms with Gasteiger partial charge in [-0.2, -0.15) is 0 Å². The van der Waals surface area contributed by atoms with Crippen LogP contribution in [0.15, 0.2) is 36.0 Å². The van der Waals surface area contributed by atoms with E-state index >= 15 is 0 Å². The maximum atomic E-state index is 12.7. The number of pyridine rings is 1. The van der Waals surface area contributed by atoms with Crippen LogP contribution in [-0.2, 0) is 11.3 Å². The maximum absolute atomic E-state index is 12.7. The molecule has 2 aliphatic heterocycles. The molecular formula is C18H21N3O2S. The van der Waals surface area contributed by atoms with Crippen molar-refractivity contribution in [3.05, 3.63) is 52.0 Å². The number of thiophene rings is 1. The molecule has 0 bridgehead atoms. The number of morpholine rings is 1.